The second kappa shape index (κ2) is 31.3. The molecule has 2 aliphatic rings. The highest BCUT2D eigenvalue weighted by molar-refractivity contribution is 6.03. The highest BCUT2D eigenvalue weighted by Crippen LogP contribution is 2.43. The van der Waals surface area contributed by atoms with Crippen molar-refractivity contribution in [3.05, 3.63) is 52.3 Å². The van der Waals surface area contributed by atoms with Gasteiger partial charge in [0.25, 0.3) is 5.56 Å². The fraction of sp³-hybridized carbons (Fsp3) is 0.544. The van der Waals surface area contributed by atoms with Crippen molar-refractivity contribution >= 4 is 76.3 Å². The minimum Gasteiger partial charge on any atom is -0.493 e. The molecular formula is C57H72N2O25. The van der Waals surface area contributed by atoms with Gasteiger partial charge in [0.2, 0.25) is 42.2 Å². The summed E-state index contributed by atoms with van der Waals surface area (Å²) in [5, 5.41) is 2.98. The van der Waals surface area contributed by atoms with Crippen LogP contribution < -0.4 is 34.6 Å². The van der Waals surface area contributed by atoms with E-state index in [4.69, 9.17) is 71.1 Å². The van der Waals surface area contributed by atoms with Gasteiger partial charge in [0, 0.05) is 79.6 Å². The summed E-state index contributed by atoms with van der Waals surface area (Å²) in [5.74, 6) is -7.87. The molecule has 2 saturated heterocycles. The van der Waals surface area contributed by atoms with Crippen molar-refractivity contribution in [1.82, 2.24) is 4.57 Å². The molecule has 2 fully saturated rings. The molecule has 27 heteroatoms. The van der Waals surface area contributed by atoms with E-state index in [0.29, 0.717) is 12.0 Å². The van der Waals surface area contributed by atoms with Gasteiger partial charge in [-0.05, 0) is 48.4 Å². The van der Waals surface area contributed by atoms with Crippen LogP contribution in [0.15, 0.2) is 41.2 Å². The van der Waals surface area contributed by atoms with Gasteiger partial charge in [-0.3, -0.25) is 47.9 Å². The van der Waals surface area contributed by atoms with E-state index < -0.39 is 134 Å². The summed E-state index contributed by atoms with van der Waals surface area (Å²) < 4.78 is 87.6. The number of methoxy groups -OCH3 is 2. The summed E-state index contributed by atoms with van der Waals surface area (Å²) in [6.07, 6.45) is -7.46. The quantitative estimate of drug-likeness (QED) is 0.0460. The third-order valence-corrected chi connectivity index (χ3v) is 12.6. The van der Waals surface area contributed by atoms with Gasteiger partial charge in [-0.15, -0.1) is 0 Å². The van der Waals surface area contributed by atoms with E-state index in [1.807, 2.05) is 0 Å². The molecule has 10 atom stereocenters. The number of aromatic nitrogens is 1. The van der Waals surface area contributed by atoms with E-state index in [1.165, 1.54) is 68.3 Å². The second-order valence-corrected chi connectivity index (χ2v) is 19.3. The lowest BCUT2D eigenvalue weighted by Crippen LogP contribution is -2.63. The molecule has 0 aliphatic carbocycles. The maximum absolute atomic E-state index is 14.4. The molecule has 460 valence electrons. The van der Waals surface area contributed by atoms with E-state index >= 15 is 0 Å². The summed E-state index contributed by atoms with van der Waals surface area (Å²) in [6, 6.07) is 7.41. The number of hydrogen-bond acceptors (Lipinski definition) is 25. The number of benzene rings is 2. The smallest absolute Gasteiger partial charge is 0.303 e. The van der Waals surface area contributed by atoms with Crippen molar-refractivity contribution in [2.45, 2.75) is 162 Å². The summed E-state index contributed by atoms with van der Waals surface area (Å²) >= 11 is 0. The maximum atomic E-state index is 14.4. The molecule has 2 aromatic carbocycles. The van der Waals surface area contributed by atoms with Crippen molar-refractivity contribution in [1.29, 1.82) is 0 Å². The first-order valence-electron chi connectivity index (χ1n) is 26.8. The fourth-order valence-corrected chi connectivity index (χ4v) is 9.13. The van der Waals surface area contributed by atoms with Gasteiger partial charge >= 0.3 is 47.8 Å². The van der Waals surface area contributed by atoms with E-state index in [1.54, 1.807) is 0 Å². The Bertz CT molecular complexity index is 2950. The van der Waals surface area contributed by atoms with Crippen molar-refractivity contribution in [2.75, 3.05) is 39.4 Å². The standard InChI is InChI=1S/C57H72N2O25/c1-13-14-15-16-17-18-23-72-52-46(83-56-53(79-35(8)66)50(77-33(6)64)48(75-31(4)62)43(81-56)27-73-29(2)60)39-21-20-38(26-40(39)59(10)55(52)69)58-45(68)22-19-37-24-41(70-11)47(42(25-37)71-12)84-57-54(80-36(9)67)51(78-34(7)65)49(76-32(5)63)44(82-57)28-74-30(3)61/h19-22,24-26,43-44,48-51,53-54,56-57H,13-18,23,27-28H2,1-12H3,(H,58,68)/b22-19+/t43-,44-,48-,49-,50+,51+,53+,54+,56-,57+/m1/s1. The number of nitrogens with one attached hydrogen (secondary N) is 1. The summed E-state index contributed by atoms with van der Waals surface area (Å²) in [7, 11) is 4.07. The van der Waals surface area contributed by atoms with Gasteiger partial charge < -0.3 is 80.9 Å². The lowest BCUT2D eigenvalue weighted by Gasteiger charge is -2.44. The number of carbonyl (C=O) groups excluding carboxylic acids is 9. The van der Waals surface area contributed by atoms with Crippen LogP contribution in [0.4, 0.5) is 5.69 Å². The van der Waals surface area contributed by atoms with Crippen molar-refractivity contribution in [2.24, 2.45) is 7.05 Å². The average Bonchev–Trinajstić information content (AvgIpc) is 2.14. The molecule has 27 nitrogen and oxygen atoms in total. The van der Waals surface area contributed by atoms with E-state index in [9.17, 15) is 47.9 Å². The summed E-state index contributed by atoms with van der Waals surface area (Å²) in [4.78, 5) is 127. The largest absolute Gasteiger partial charge is 0.493 e. The minimum absolute atomic E-state index is 0.00474. The Labute approximate surface area is 483 Å². The van der Waals surface area contributed by atoms with Crippen LogP contribution in [0.2, 0.25) is 0 Å². The number of amides is 1. The molecule has 3 aromatic rings. The molecule has 0 unspecified atom stereocenters. The Morgan fingerprint density at radius 3 is 1.44 bits per heavy atom. The van der Waals surface area contributed by atoms with Crippen LogP contribution in [0, 0.1) is 0 Å². The minimum atomic E-state index is -1.75. The Kier molecular flexibility index (Phi) is 24.7. The molecule has 1 aromatic heterocycles. The monoisotopic (exact) mass is 1180 g/mol. The Hall–Kier alpha value is -8.46. The highest BCUT2D eigenvalue weighted by atomic mass is 16.8. The van der Waals surface area contributed by atoms with E-state index in [-0.39, 0.29) is 51.9 Å². The zero-order valence-corrected chi connectivity index (χ0v) is 48.8. The molecular weight excluding hydrogens is 1110 g/mol. The number of esters is 8. The molecule has 0 spiro atoms. The number of rotatable bonds is 27. The molecule has 5 rings (SSSR count). The second-order valence-electron chi connectivity index (χ2n) is 19.3. The van der Waals surface area contributed by atoms with Crippen LogP contribution in [0.5, 0.6) is 28.7 Å². The zero-order chi connectivity index (χ0) is 61.9. The van der Waals surface area contributed by atoms with Crippen molar-refractivity contribution in [3.8, 4) is 28.7 Å². The molecule has 1 amide bonds. The highest BCUT2D eigenvalue weighted by Gasteiger charge is 2.55. The van der Waals surface area contributed by atoms with Crippen LogP contribution in [0.3, 0.4) is 0 Å². The Morgan fingerprint density at radius 1 is 0.548 bits per heavy atom. The first kappa shape index (κ1) is 66.3. The molecule has 84 heavy (non-hydrogen) atoms. The predicted octanol–water partition coefficient (Wildman–Crippen LogP) is 4.87. The van der Waals surface area contributed by atoms with Crippen LogP contribution in [0.1, 0.15) is 106 Å². The lowest BCUT2D eigenvalue weighted by molar-refractivity contribution is -0.288. The third kappa shape index (κ3) is 18.5. The molecule has 1 N–H and O–H groups in total. The zero-order valence-electron chi connectivity index (χ0n) is 48.8. The van der Waals surface area contributed by atoms with Gasteiger partial charge in [-0.1, -0.05) is 39.0 Å². The van der Waals surface area contributed by atoms with Crippen LogP contribution in [-0.2, 0) is 97.6 Å². The SMILES string of the molecule is CCCCCCCCOc1c(O[C@H]2O[C@H](COC(C)=O)[C@@H](OC(C)=O)[C@H](OC(C)=O)[C@@H]2OC(C)=O)c2ccc(NC(=O)/C=C/c3cc(OC)c(O[C@@H]4O[C@H](COC(C)=O)[C@@H](OC(C)=O)[C@H](OC(C)=O)[C@@H]4OC(C)=O)c(OC)c3)cc2n(C)c1=O. The average molecular weight is 1190 g/mol. The van der Waals surface area contributed by atoms with Gasteiger partial charge in [0.15, 0.2) is 41.7 Å². The molecule has 3 heterocycles. The van der Waals surface area contributed by atoms with E-state index in [0.717, 1.165) is 87.5 Å². The number of nitrogens with zero attached hydrogens (tertiary/aromatic N) is 1. The normalized spacial score (nSPS) is 21.9. The van der Waals surface area contributed by atoms with Gasteiger partial charge in [0.05, 0.1) is 26.3 Å². The van der Waals surface area contributed by atoms with Crippen LogP contribution >= 0.6 is 0 Å². The van der Waals surface area contributed by atoms with Crippen LogP contribution in [-0.4, -0.2) is 154 Å². The molecule has 0 bridgehead atoms. The van der Waals surface area contributed by atoms with Gasteiger partial charge in [0.1, 0.15) is 25.4 Å². The number of pyridine rings is 1. The third-order valence-electron chi connectivity index (χ3n) is 12.6. The lowest BCUT2D eigenvalue weighted by atomic mass is 9.98. The summed E-state index contributed by atoms with van der Waals surface area (Å²) in [5.41, 5.74) is 0.0130. The van der Waals surface area contributed by atoms with Crippen molar-refractivity contribution in [3.63, 3.8) is 0 Å². The fourth-order valence-electron chi connectivity index (χ4n) is 9.13. The first-order valence-corrected chi connectivity index (χ1v) is 26.8. The number of unbranched alkanes of at least 4 members (excludes halogenated alkanes) is 5. The number of hydrogen-bond donors (Lipinski definition) is 1. The predicted molar refractivity (Wildman–Crippen MR) is 290 cm³/mol. The van der Waals surface area contributed by atoms with Crippen molar-refractivity contribution < 1.29 is 114 Å². The van der Waals surface area contributed by atoms with Crippen LogP contribution in [0.25, 0.3) is 17.0 Å². The molecule has 0 saturated carbocycles. The molecule has 0 radical (unpaired) electrons. The van der Waals surface area contributed by atoms with Gasteiger partial charge in [-0.25, -0.2) is 0 Å². The number of carbonyl (C=O) groups is 9. The number of aryl methyl sites for hydroxylation is 1. The Morgan fingerprint density at radius 2 is 0.988 bits per heavy atom. The van der Waals surface area contributed by atoms with Gasteiger partial charge in [-0.2, -0.15) is 0 Å². The Balaban J connectivity index is 1.52. The molecule has 2 aliphatic heterocycles. The number of ether oxygens (including phenoxy) is 15. The van der Waals surface area contributed by atoms with E-state index in [2.05, 4.69) is 12.2 Å². The number of anilines is 1. The first-order chi connectivity index (χ1) is 39.8. The topological polar surface area (TPSA) is 326 Å². The maximum Gasteiger partial charge on any atom is 0.303 e. The number of fused-ring (bicyclic) bond motifs is 1. The summed E-state index contributed by atoms with van der Waals surface area (Å²) in [6.45, 7) is 9.83.